The van der Waals surface area contributed by atoms with E-state index in [1.807, 2.05) is 23.1 Å². The third kappa shape index (κ3) is 5.27. The van der Waals surface area contributed by atoms with E-state index in [0.29, 0.717) is 39.1 Å². The van der Waals surface area contributed by atoms with E-state index in [-0.39, 0.29) is 23.8 Å². The largest absolute Gasteiger partial charge is 0.491 e. The van der Waals surface area contributed by atoms with Crippen LogP contribution in [0.2, 0.25) is 0 Å². The van der Waals surface area contributed by atoms with E-state index in [0.717, 1.165) is 37.9 Å². The van der Waals surface area contributed by atoms with Crippen LogP contribution in [0, 0.1) is 5.41 Å². The van der Waals surface area contributed by atoms with E-state index in [4.69, 9.17) is 4.74 Å². The second-order valence-corrected chi connectivity index (χ2v) is 8.64. The number of benzene rings is 1. The van der Waals surface area contributed by atoms with Crippen LogP contribution in [0.1, 0.15) is 44.1 Å². The highest BCUT2D eigenvalue weighted by Gasteiger charge is 2.41. The average molecular weight is 425 g/mol. The molecule has 7 heteroatoms. The molecule has 0 bridgehead atoms. The molecule has 31 heavy (non-hydrogen) atoms. The Hall–Kier alpha value is -2.83. The first-order chi connectivity index (χ1) is 15.2. The third-order valence-electron chi connectivity index (χ3n) is 6.63. The number of ether oxygens (including phenoxy) is 1. The standard InChI is InChI=1S/C24H32N4O3/c29-22(19-28-15-6-13-26-28)27-16-11-24(12-17-27)10-5-1-2-7-20-8-3-4-9-21(20)31-18-14-25-23(24)30/h3-4,6,8-9,13,15H,1-2,5,7,10-12,14,16-19H2,(H,25,30). The lowest BCUT2D eigenvalue weighted by atomic mass is 9.73. The molecule has 1 aromatic carbocycles. The number of aromatic nitrogens is 2. The lowest BCUT2D eigenvalue weighted by molar-refractivity contribution is -0.141. The zero-order chi connectivity index (χ0) is 21.5. The Balaban J connectivity index is 1.36. The van der Waals surface area contributed by atoms with Crippen molar-refractivity contribution in [2.45, 2.75) is 51.5 Å². The van der Waals surface area contributed by atoms with Crippen LogP contribution in [0.5, 0.6) is 5.75 Å². The second-order valence-electron chi connectivity index (χ2n) is 8.64. The summed E-state index contributed by atoms with van der Waals surface area (Å²) in [5, 5.41) is 7.23. The number of carbonyl (C=O) groups is 2. The van der Waals surface area contributed by atoms with E-state index in [1.54, 1.807) is 17.1 Å². The van der Waals surface area contributed by atoms with Gasteiger partial charge in [0.25, 0.3) is 0 Å². The predicted octanol–water partition coefficient (Wildman–Crippen LogP) is 2.80. The minimum absolute atomic E-state index is 0.0646. The molecule has 2 aromatic rings. The molecule has 166 valence electrons. The van der Waals surface area contributed by atoms with Gasteiger partial charge in [0.1, 0.15) is 18.9 Å². The van der Waals surface area contributed by atoms with Gasteiger partial charge in [0, 0.05) is 25.5 Å². The summed E-state index contributed by atoms with van der Waals surface area (Å²) < 4.78 is 7.60. The molecule has 4 rings (SSSR count). The number of para-hydroxylation sites is 1. The van der Waals surface area contributed by atoms with Crippen LogP contribution in [-0.2, 0) is 22.6 Å². The molecular weight excluding hydrogens is 392 g/mol. The van der Waals surface area contributed by atoms with Crippen molar-refractivity contribution in [2.75, 3.05) is 26.2 Å². The SMILES string of the molecule is O=C(Cn1cccn1)N1CCC2(CCCCCc3ccccc3OCCNC2=O)CC1. The Kier molecular flexibility index (Phi) is 6.89. The number of hydrogen-bond acceptors (Lipinski definition) is 4. The molecule has 2 aliphatic rings. The van der Waals surface area contributed by atoms with Gasteiger partial charge in [0.15, 0.2) is 0 Å². The van der Waals surface area contributed by atoms with E-state index >= 15 is 0 Å². The molecular formula is C24H32N4O3. The maximum absolute atomic E-state index is 13.2. The number of likely N-dealkylation sites (tertiary alicyclic amines) is 1. The van der Waals surface area contributed by atoms with Crippen molar-refractivity contribution in [1.82, 2.24) is 20.0 Å². The van der Waals surface area contributed by atoms with E-state index in [2.05, 4.69) is 22.5 Å². The van der Waals surface area contributed by atoms with Crippen molar-refractivity contribution in [3.8, 4) is 5.75 Å². The van der Waals surface area contributed by atoms with Crippen LogP contribution in [0.25, 0.3) is 0 Å². The predicted molar refractivity (Wildman–Crippen MR) is 118 cm³/mol. The lowest BCUT2D eigenvalue weighted by Gasteiger charge is -2.41. The zero-order valence-electron chi connectivity index (χ0n) is 18.1. The molecule has 2 aliphatic heterocycles. The van der Waals surface area contributed by atoms with E-state index in [9.17, 15) is 9.59 Å². The number of aryl methyl sites for hydroxylation is 1. The van der Waals surface area contributed by atoms with Crippen molar-refractivity contribution in [3.63, 3.8) is 0 Å². The first-order valence-corrected chi connectivity index (χ1v) is 11.4. The summed E-state index contributed by atoms with van der Waals surface area (Å²) in [7, 11) is 0. The van der Waals surface area contributed by atoms with Crippen molar-refractivity contribution in [2.24, 2.45) is 5.41 Å². The maximum Gasteiger partial charge on any atom is 0.244 e. The highest BCUT2D eigenvalue weighted by molar-refractivity contribution is 5.83. The summed E-state index contributed by atoms with van der Waals surface area (Å²) in [6.07, 6.45) is 9.98. The summed E-state index contributed by atoms with van der Waals surface area (Å²) in [6.45, 7) is 2.46. The van der Waals surface area contributed by atoms with Gasteiger partial charge >= 0.3 is 0 Å². The number of carbonyl (C=O) groups excluding carboxylic acids is 2. The molecule has 3 heterocycles. The Bertz CT molecular complexity index is 873. The lowest BCUT2D eigenvalue weighted by Crippen LogP contribution is -2.51. The number of nitrogens with one attached hydrogen (secondary N) is 1. The molecule has 0 unspecified atom stereocenters. The van der Waals surface area contributed by atoms with Gasteiger partial charge < -0.3 is 15.0 Å². The first-order valence-electron chi connectivity index (χ1n) is 11.4. The van der Waals surface area contributed by atoms with Crippen molar-refractivity contribution < 1.29 is 14.3 Å². The highest BCUT2D eigenvalue weighted by atomic mass is 16.5. The van der Waals surface area contributed by atoms with Gasteiger partial charge in [-0.1, -0.05) is 31.0 Å². The smallest absolute Gasteiger partial charge is 0.244 e. The minimum atomic E-state index is -0.386. The molecule has 1 spiro atoms. The summed E-state index contributed by atoms with van der Waals surface area (Å²) in [5.74, 6) is 1.10. The zero-order valence-corrected chi connectivity index (χ0v) is 18.1. The quantitative estimate of drug-likeness (QED) is 0.804. The number of amides is 2. The van der Waals surface area contributed by atoms with Gasteiger partial charge in [-0.25, -0.2) is 0 Å². The second kappa shape index (κ2) is 9.98. The Morgan fingerprint density at radius 2 is 1.94 bits per heavy atom. The van der Waals surface area contributed by atoms with Gasteiger partial charge in [-0.2, -0.15) is 5.10 Å². The fourth-order valence-corrected chi connectivity index (χ4v) is 4.73. The summed E-state index contributed by atoms with van der Waals surface area (Å²) >= 11 is 0. The van der Waals surface area contributed by atoms with Crippen molar-refractivity contribution in [1.29, 1.82) is 0 Å². The molecule has 1 N–H and O–H groups in total. The summed E-state index contributed by atoms with van der Waals surface area (Å²) in [5.41, 5.74) is 0.857. The fraction of sp³-hybridized carbons (Fsp3) is 0.542. The normalized spacial score (nSPS) is 19.9. The topological polar surface area (TPSA) is 76.5 Å². The monoisotopic (exact) mass is 424 g/mol. The summed E-state index contributed by atoms with van der Waals surface area (Å²) in [4.78, 5) is 27.7. The summed E-state index contributed by atoms with van der Waals surface area (Å²) in [6, 6.07) is 10.0. The van der Waals surface area contributed by atoms with E-state index in [1.165, 1.54) is 5.56 Å². The van der Waals surface area contributed by atoms with Crippen molar-refractivity contribution in [3.05, 3.63) is 48.3 Å². The number of fused-ring (bicyclic) bond motifs is 1. The van der Waals surface area contributed by atoms with E-state index < -0.39 is 0 Å². The van der Waals surface area contributed by atoms with Gasteiger partial charge in [-0.05, 0) is 49.8 Å². The highest BCUT2D eigenvalue weighted by Crippen LogP contribution is 2.37. The maximum atomic E-state index is 13.2. The fourth-order valence-electron chi connectivity index (χ4n) is 4.73. The van der Waals surface area contributed by atoms with Crippen LogP contribution in [-0.4, -0.2) is 52.7 Å². The molecule has 0 aliphatic carbocycles. The van der Waals surface area contributed by atoms with Gasteiger partial charge in [0.2, 0.25) is 11.8 Å². The third-order valence-corrected chi connectivity index (χ3v) is 6.63. The Morgan fingerprint density at radius 3 is 2.74 bits per heavy atom. The van der Waals surface area contributed by atoms with Gasteiger partial charge in [0.05, 0.1) is 12.0 Å². The van der Waals surface area contributed by atoms with Crippen LogP contribution in [0.4, 0.5) is 0 Å². The van der Waals surface area contributed by atoms with Crippen molar-refractivity contribution >= 4 is 11.8 Å². The molecule has 0 saturated carbocycles. The van der Waals surface area contributed by atoms with Gasteiger partial charge in [-0.15, -0.1) is 0 Å². The van der Waals surface area contributed by atoms with Crippen LogP contribution in [0.15, 0.2) is 42.7 Å². The van der Waals surface area contributed by atoms with Crippen LogP contribution >= 0.6 is 0 Å². The molecule has 1 saturated heterocycles. The molecule has 0 radical (unpaired) electrons. The number of nitrogens with zero attached hydrogens (tertiary/aromatic N) is 3. The Morgan fingerprint density at radius 1 is 1.10 bits per heavy atom. The molecule has 2 amide bonds. The Labute approximate surface area is 183 Å². The molecule has 7 nitrogen and oxygen atoms in total. The average Bonchev–Trinajstić information content (AvgIpc) is 3.30. The van der Waals surface area contributed by atoms with Gasteiger partial charge in [-0.3, -0.25) is 14.3 Å². The van der Waals surface area contributed by atoms with Crippen LogP contribution in [0.3, 0.4) is 0 Å². The molecule has 1 aromatic heterocycles. The van der Waals surface area contributed by atoms with Crippen LogP contribution < -0.4 is 10.1 Å². The molecule has 0 atom stereocenters. The number of rotatable bonds is 2. The minimum Gasteiger partial charge on any atom is -0.491 e. The number of hydrogen-bond donors (Lipinski definition) is 1. The number of piperidine rings is 1. The molecule has 1 fully saturated rings. The first kappa shape index (κ1) is 21.4.